The van der Waals surface area contributed by atoms with Gasteiger partial charge in [0.15, 0.2) is 5.83 Å². The first kappa shape index (κ1) is 29.8. The zero-order valence-electron chi connectivity index (χ0n) is 24.9. The fourth-order valence-corrected chi connectivity index (χ4v) is 6.15. The monoisotopic (exact) mass is 581 g/mol. The van der Waals surface area contributed by atoms with E-state index in [-0.39, 0.29) is 25.4 Å². The highest BCUT2D eigenvalue weighted by atomic mass is 19.1. The first-order valence-corrected chi connectivity index (χ1v) is 14.5. The van der Waals surface area contributed by atoms with Crippen LogP contribution in [-0.2, 0) is 17.8 Å². The van der Waals surface area contributed by atoms with Crippen molar-refractivity contribution in [3.63, 3.8) is 0 Å². The molecule has 0 aliphatic carbocycles. The Hall–Kier alpha value is -4.67. The molecular formula is C33H36FN7O2. The first-order valence-electron chi connectivity index (χ1n) is 14.5. The van der Waals surface area contributed by atoms with Crippen molar-refractivity contribution in [3.8, 4) is 18.0 Å². The number of fused-ring (bicyclic) bond motifs is 2. The van der Waals surface area contributed by atoms with Gasteiger partial charge in [-0.05, 0) is 44.5 Å². The number of amides is 1. The summed E-state index contributed by atoms with van der Waals surface area (Å²) >= 11 is 0. The smallest absolute Gasteiger partial charge is 0.282 e. The Kier molecular flexibility index (Phi) is 8.79. The molecule has 0 N–H and O–H groups in total. The summed E-state index contributed by atoms with van der Waals surface area (Å²) in [5, 5.41) is 22.3. The van der Waals surface area contributed by atoms with Gasteiger partial charge in [0.05, 0.1) is 36.5 Å². The average molecular weight is 582 g/mol. The molecule has 10 heteroatoms. The maximum absolute atomic E-state index is 13.8. The molecule has 0 spiro atoms. The number of ether oxygens (including phenoxy) is 1. The van der Waals surface area contributed by atoms with E-state index in [0.29, 0.717) is 38.2 Å². The van der Waals surface area contributed by atoms with Gasteiger partial charge in [-0.25, -0.2) is 9.37 Å². The summed E-state index contributed by atoms with van der Waals surface area (Å²) in [6.07, 6.45) is 0.682. The maximum Gasteiger partial charge on any atom is 0.282 e. The number of aryl methyl sites for hydroxylation is 1. The van der Waals surface area contributed by atoms with Gasteiger partial charge < -0.3 is 24.3 Å². The van der Waals surface area contributed by atoms with Crippen LogP contribution in [0.2, 0.25) is 0 Å². The highest BCUT2D eigenvalue weighted by Crippen LogP contribution is 2.40. The Labute approximate surface area is 252 Å². The molecule has 1 aromatic heterocycles. The van der Waals surface area contributed by atoms with Gasteiger partial charge in [0, 0.05) is 49.4 Å². The van der Waals surface area contributed by atoms with Crippen molar-refractivity contribution in [1.29, 1.82) is 10.5 Å². The number of piperazine rings is 1. The number of nitriles is 2. The predicted octanol–water partition coefficient (Wildman–Crippen LogP) is 4.33. The Morgan fingerprint density at radius 2 is 1.93 bits per heavy atom. The lowest BCUT2D eigenvalue weighted by Crippen LogP contribution is -2.55. The van der Waals surface area contributed by atoms with Gasteiger partial charge in [-0.1, -0.05) is 36.9 Å². The molecule has 1 fully saturated rings. The van der Waals surface area contributed by atoms with E-state index in [0.717, 1.165) is 29.2 Å². The van der Waals surface area contributed by atoms with Crippen molar-refractivity contribution in [2.75, 3.05) is 63.2 Å². The molecule has 9 nitrogen and oxygen atoms in total. The summed E-state index contributed by atoms with van der Waals surface area (Å²) in [5.41, 5.74) is 5.21. The molecule has 222 valence electrons. The third-order valence-corrected chi connectivity index (χ3v) is 8.23. The lowest BCUT2D eigenvalue weighted by molar-refractivity contribution is -0.131. The fourth-order valence-electron chi connectivity index (χ4n) is 6.15. The fraction of sp³-hybridized carbons (Fsp3) is 0.394. The Morgan fingerprint density at radius 1 is 1.16 bits per heavy atom. The van der Waals surface area contributed by atoms with Crippen molar-refractivity contribution in [2.45, 2.75) is 32.4 Å². The second kappa shape index (κ2) is 12.7. The second-order valence-electron chi connectivity index (χ2n) is 11.3. The van der Waals surface area contributed by atoms with E-state index in [1.807, 2.05) is 23.9 Å². The molecule has 0 radical (unpaired) electrons. The Balaban J connectivity index is 1.56. The molecule has 2 aliphatic rings. The van der Waals surface area contributed by atoms with Crippen LogP contribution in [0, 0.1) is 29.6 Å². The summed E-state index contributed by atoms with van der Waals surface area (Å²) < 4.78 is 20.0. The van der Waals surface area contributed by atoms with Crippen LogP contribution in [0.4, 0.5) is 15.8 Å². The highest BCUT2D eigenvalue weighted by Gasteiger charge is 2.36. The van der Waals surface area contributed by atoms with Crippen LogP contribution in [0.1, 0.15) is 28.8 Å². The minimum atomic E-state index is -1.05. The molecule has 3 aromatic rings. The van der Waals surface area contributed by atoms with Crippen molar-refractivity contribution in [1.82, 2.24) is 14.8 Å². The molecule has 1 saturated heterocycles. The summed E-state index contributed by atoms with van der Waals surface area (Å²) in [6.45, 7) is 8.41. The van der Waals surface area contributed by atoms with E-state index in [1.165, 1.54) is 21.2 Å². The number of nitrogens with zero attached hydrogens (tertiary/aromatic N) is 7. The number of carbonyl (C=O) groups is 1. The van der Waals surface area contributed by atoms with Crippen molar-refractivity contribution >= 4 is 28.1 Å². The maximum atomic E-state index is 13.8. The van der Waals surface area contributed by atoms with E-state index in [4.69, 9.17) is 9.72 Å². The third-order valence-electron chi connectivity index (χ3n) is 8.23. The van der Waals surface area contributed by atoms with Gasteiger partial charge in [-0.3, -0.25) is 4.79 Å². The molecule has 43 heavy (non-hydrogen) atoms. The number of anilines is 2. The number of halogens is 1. The van der Waals surface area contributed by atoms with Crippen LogP contribution in [-0.4, -0.2) is 80.2 Å². The minimum Gasteiger partial charge on any atom is -0.475 e. The Morgan fingerprint density at radius 3 is 2.63 bits per heavy atom. The second-order valence-corrected chi connectivity index (χ2v) is 11.3. The largest absolute Gasteiger partial charge is 0.475 e. The average Bonchev–Trinajstić information content (AvgIpc) is 2.99. The van der Waals surface area contributed by atoms with Gasteiger partial charge in [-0.15, -0.1) is 0 Å². The molecule has 2 aliphatic heterocycles. The topological polar surface area (TPSA) is 99.7 Å². The van der Waals surface area contributed by atoms with E-state index < -0.39 is 17.8 Å². The zero-order chi connectivity index (χ0) is 30.7. The van der Waals surface area contributed by atoms with E-state index in [1.54, 1.807) is 0 Å². The predicted molar refractivity (Wildman–Crippen MR) is 165 cm³/mol. The molecule has 1 atom stereocenters. The summed E-state index contributed by atoms with van der Waals surface area (Å²) in [6, 6.07) is 16.6. The zero-order valence-corrected chi connectivity index (χ0v) is 24.9. The first-order chi connectivity index (χ1) is 20.7. The van der Waals surface area contributed by atoms with Gasteiger partial charge in [0.1, 0.15) is 18.2 Å². The number of hydrogen-bond acceptors (Lipinski definition) is 8. The summed E-state index contributed by atoms with van der Waals surface area (Å²) in [7, 11) is 3.90. The Bertz CT molecular complexity index is 1640. The lowest BCUT2D eigenvalue weighted by Gasteiger charge is -2.43. The van der Waals surface area contributed by atoms with Gasteiger partial charge in [0.25, 0.3) is 5.91 Å². The van der Waals surface area contributed by atoms with Gasteiger partial charge >= 0.3 is 0 Å². The molecule has 0 bridgehead atoms. The molecule has 0 saturated carbocycles. The normalized spacial score (nSPS) is 16.5. The molecular weight excluding hydrogens is 545 g/mol. The number of aromatic nitrogens is 1. The van der Waals surface area contributed by atoms with Crippen molar-refractivity contribution in [2.24, 2.45) is 0 Å². The SMILES string of the molecule is C=C(F)C(=O)N1CCN(c2c(C#N)c(OCCN(C)C)nc3c2CCN(c2cccc4cccc(C)c24)C3)CC1CC#N. The molecule has 3 heterocycles. The summed E-state index contributed by atoms with van der Waals surface area (Å²) in [4.78, 5) is 25.2. The number of rotatable bonds is 8. The van der Waals surface area contributed by atoms with Crippen LogP contribution < -0.4 is 14.5 Å². The highest BCUT2D eigenvalue weighted by molar-refractivity contribution is 5.97. The minimum absolute atomic E-state index is 0.0328. The van der Waals surface area contributed by atoms with Crippen LogP contribution in [0.25, 0.3) is 10.8 Å². The molecule has 1 unspecified atom stereocenters. The van der Waals surface area contributed by atoms with Crippen molar-refractivity contribution in [3.05, 3.63) is 71.2 Å². The van der Waals surface area contributed by atoms with Crippen LogP contribution in [0.5, 0.6) is 5.88 Å². The van der Waals surface area contributed by atoms with Crippen LogP contribution >= 0.6 is 0 Å². The lowest BCUT2D eigenvalue weighted by atomic mass is 9.95. The molecule has 2 aromatic carbocycles. The van der Waals surface area contributed by atoms with E-state index in [9.17, 15) is 19.7 Å². The quantitative estimate of drug-likeness (QED) is 0.363. The number of likely N-dealkylation sites (N-methyl/N-ethyl adjacent to an activating group) is 1. The third kappa shape index (κ3) is 5.97. The van der Waals surface area contributed by atoms with E-state index >= 15 is 0 Å². The van der Waals surface area contributed by atoms with Crippen LogP contribution in [0.3, 0.4) is 0 Å². The van der Waals surface area contributed by atoms with Crippen LogP contribution in [0.15, 0.2) is 48.8 Å². The summed E-state index contributed by atoms with van der Waals surface area (Å²) in [5.74, 6) is -1.57. The number of carbonyl (C=O) groups excluding carboxylic acids is 1. The molecule has 5 rings (SSSR count). The standard InChI is InChI=1S/C33H36FN7O2/c1-22-7-5-8-24-9-6-10-29(30(22)24)39-14-12-26-28(21-39)37-32(43-18-17-38(3)4)27(19-36)31(26)40-15-16-41(33(42)23(2)34)25(20-40)11-13-35/h5-10,25H,2,11-12,14-18,20-21H2,1,3-4H3. The number of hydrogen-bond donors (Lipinski definition) is 0. The number of pyridine rings is 1. The van der Waals surface area contributed by atoms with Crippen molar-refractivity contribution < 1.29 is 13.9 Å². The van der Waals surface area contributed by atoms with E-state index in [2.05, 4.69) is 66.9 Å². The number of benzene rings is 2. The van der Waals surface area contributed by atoms with Gasteiger partial charge in [0.2, 0.25) is 5.88 Å². The molecule has 1 amide bonds. The van der Waals surface area contributed by atoms with Gasteiger partial charge in [-0.2, -0.15) is 10.5 Å².